The normalized spacial score (nSPS) is 18.2. The summed E-state index contributed by atoms with van der Waals surface area (Å²) in [5, 5.41) is 19.6. The van der Waals surface area contributed by atoms with Gasteiger partial charge in [0.05, 0.1) is 40.9 Å². The van der Waals surface area contributed by atoms with Gasteiger partial charge in [-0.05, 0) is 57.6 Å². The van der Waals surface area contributed by atoms with E-state index in [1.165, 1.54) is 4.52 Å². The van der Waals surface area contributed by atoms with Crippen LogP contribution in [0.3, 0.4) is 0 Å². The molecule has 0 saturated heterocycles. The van der Waals surface area contributed by atoms with Crippen molar-refractivity contribution < 1.29 is 22.9 Å². The fourth-order valence-corrected chi connectivity index (χ4v) is 6.58. The van der Waals surface area contributed by atoms with Crippen molar-refractivity contribution in [3.63, 3.8) is 0 Å². The van der Waals surface area contributed by atoms with Gasteiger partial charge >= 0.3 is 5.97 Å². The maximum absolute atomic E-state index is 14.1. The van der Waals surface area contributed by atoms with Gasteiger partial charge in [-0.2, -0.15) is 20.0 Å². The minimum absolute atomic E-state index is 0.130. The number of ether oxygens (including phenoxy) is 3. The summed E-state index contributed by atoms with van der Waals surface area (Å²) in [6, 6.07) is 12.0. The summed E-state index contributed by atoms with van der Waals surface area (Å²) < 4.78 is 34.2. The Kier molecular flexibility index (Phi) is 10.7. The molecule has 238 valence electrons. The first-order chi connectivity index (χ1) is 21.9. The molecule has 0 aliphatic heterocycles. The number of methoxy groups -OCH3 is 2. The number of aryl methyl sites for hydroxylation is 1. The van der Waals surface area contributed by atoms with Crippen molar-refractivity contribution >= 4 is 42.6 Å². The Balaban J connectivity index is 1.54. The Morgan fingerprint density at radius 1 is 1.18 bits per heavy atom. The Bertz CT molecular complexity index is 1670. The van der Waals surface area contributed by atoms with Gasteiger partial charge in [0.2, 0.25) is 0 Å². The van der Waals surface area contributed by atoms with E-state index in [0.717, 1.165) is 27.1 Å². The number of hydrogen-bond donors (Lipinski definition) is 1. The second-order valence-corrected chi connectivity index (χ2v) is 12.3. The largest absolute Gasteiger partial charge is 0.463 e. The lowest BCUT2D eigenvalue weighted by molar-refractivity contribution is -0.160. The lowest BCUT2D eigenvalue weighted by Gasteiger charge is -2.38. The van der Waals surface area contributed by atoms with E-state index < -0.39 is 5.41 Å². The van der Waals surface area contributed by atoms with Crippen LogP contribution >= 0.6 is 25.1 Å². The number of benzene rings is 1. The number of aromatic nitrogens is 5. The number of para-hydroxylation sites is 1. The van der Waals surface area contributed by atoms with E-state index in [4.69, 9.17) is 24.3 Å². The van der Waals surface area contributed by atoms with Crippen LogP contribution < -0.4 is 3.71 Å². The number of halogens is 1. The molecule has 4 aromatic rings. The van der Waals surface area contributed by atoms with Crippen LogP contribution in [0.2, 0.25) is 0 Å². The van der Waals surface area contributed by atoms with Gasteiger partial charge in [0, 0.05) is 38.5 Å². The molecule has 45 heavy (non-hydrogen) atoms. The molecule has 0 unspecified atom stereocenters. The van der Waals surface area contributed by atoms with Crippen LogP contribution in [0.25, 0.3) is 22.5 Å². The van der Waals surface area contributed by atoms with Gasteiger partial charge < -0.3 is 14.2 Å². The van der Waals surface area contributed by atoms with Crippen molar-refractivity contribution in [1.29, 1.82) is 5.26 Å². The fourth-order valence-electron chi connectivity index (χ4n) is 6.16. The standard InChI is InChI=1S/C31H36FN7O4S2/c1-21-26(20-37(36-21)23-8-5-4-6-9-23)25-19-34-38-28(25)35-27(24(18-33)29(38)39(44)45-32)22-10-13-31(14-11-22,12-7-15-41-2)30(40)43-17-16-42-3/h4-6,8-9,19-20,22,44H,7,10-17H2,1-3H3. The van der Waals surface area contributed by atoms with E-state index in [2.05, 4.69) is 24.0 Å². The SMILES string of the molecule is COCCCC1(C(=O)OCCOC)CCC(c2nc3c(-c4cn(-c5ccccc5)nc4C)cnn3c(N(S)SF)c2C#N)CC1. The summed E-state index contributed by atoms with van der Waals surface area (Å²) in [6.07, 6.45) is 7.20. The number of hydrogen-bond acceptors (Lipinski definition) is 11. The highest BCUT2D eigenvalue weighted by Crippen LogP contribution is 2.48. The second-order valence-electron chi connectivity index (χ2n) is 11.1. The zero-order valence-corrected chi connectivity index (χ0v) is 27.2. The molecule has 0 spiro atoms. The van der Waals surface area contributed by atoms with E-state index in [1.54, 1.807) is 25.1 Å². The van der Waals surface area contributed by atoms with Crippen molar-refractivity contribution in [2.24, 2.45) is 5.41 Å². The summed E-state index contributed by atoms with van der Waals surface area (Å²) in [5.41, 5.74) is 3.67. The molecule has 5 rings (SSSR count). The molecular formula is C31H36FN7O4S2. The molecule has 3 heterocycles. The molecule has 0 amide bonds. The Morgan fingerprint density at radius 2 is 1.91 bits per heavy atom. The van der Waals surface area contributed by atoms with E-state index in [1.807, 2.05) is 43.5 Å². The minimum atomic E-state index is -0.669. The monoisotopic (exact) mass is 653 g/mol. The van der Waals surface area contributed by atoms with E-state index in [0.29, 0.717) is 62.2 Å². The highest BCUT2D eigenvalue weighted by molar-refractivity contribution is 8.08. The van der Waals surface area contributed by atoms with Crippen LogP contribution in [0.1, 0.15) is 61.4 Å². The van der Waals surface area contributed by atoms with Crippen LogP contribution in [0.4, 0.5) is 9.70 Å². The molecule has 14 heteroatoms. The number of carbonyl (C=O) groups excluding carboxylic acids is 1. The van der Waals surface area contributed by atoms with Crippen molar-refractivity contribution in [2.75, 3.05) is 37.8 Å². The Morgan fingerprint density at radius 3 is 2.58 bits per heavy atom. The highest BCUT2D eigenvalue weighted by atomic mass is 32.2. The quantitative estimate of drug-likeness (QED) is 0.0772. The average molecular weight is 654 g/mol. The lowest BCUT2D eigenvalue weighted by Crippen LogP contribution is -2.37. The lowest BCUT2D eigenvalue weighted by atomic mass is 9.67. The number of anilines is 1. The second kappa shape index (κ2) is 14.6. The van der Waals surface area contributed by atoms with Gasteiger partial charge in [-0.3, -0.25) is 4.79 Å². The van der Waals surface area contributed by atoms with Crippen LogP contribution in [0, 0.1) is 23.7 Å². The maximum atomic E-state index is 14.1. The number of carbonyl (C=O) groups is 1. The van der Waals surface area contributed by atoms with Crippen LogP contribution in [-0.2, 0) is 19.0 Å². The number of esters is 1. The van der Waals surface area contributed by atoms with Crippen LogP contribution in [0.15, 0.2) is 42.7 Å². The Hall–Kier alpha value is -3.64. The number of nitriles is 1. The third kappa shape index (κ3) is 6.67. The molecule has 1 aliphatic rings. The number of fused-ring (bicyclic) bond motifs is 1. The van der Waals surface area contributed by atoms with Crippen molar-refractivity contribution in [2.45, 2.75) is 51.4 Å². The average Bonchev–Trinajstić information content (AvgIpc) is 3.67. The molecule has 1 saturated carbocycles. The number of nitrogens with zero attached hydrogens (tertiary/aromatic N) is 7. The van der Waals surface area contributed by atoms with E-state index >= 15 is 0 Å². The van der Waals surface area contributed by atoms with Gasteiger partial charge in [-0.15, -0.1) is 3.89 Å². The molecule has 11 nitrogen and oxygen atoms in total. The highest BCUT2D eigenvalue weighted by Gasteiger charge is 2.44. The van der Waals surface area contributed by atoms with Gasteiger partial charge in [0.25, 0.3) is 0 Å². The third-order valence-corrected chi connectivity index (χ3v) is 9.18. The summed E-state index contributed by atoms with van der Waals surface area (Å²) in [4.78, 5) is 18.4. The van der Waals surface area contributed by atoms with Crippen LogP contribution in [0.5, 0.6) is 0 Å². The van der Waals surface area contributed by atoms with E-state index in [-0.39, 0.29) is 42.2 Å². The van der Waals surface area contributed by atoms with E-state index in [9.17, 15) is 13.9 Å². The summed E-state index contributed by atoms with van der Waals surface area (Å²) in [7, 11) is 3.21. The molecule has 3 aromatic heterocycles. The summed E-state index contributed by atoms with van der Waals surface area (Å²) in [5.74, 6) is -0.227. The Labute approximate surface area is 271 Å². The zero-order valence-electron chi connectivity index (χ0n) is 25.5. The number of rotatable bonds is 13. The summed E-state index contributed by atoms with van der Waals surface area (Å²) in [6.45, 7) is 2.96. The molecule has 0 atom stereocenters. The van der Waals surface area contributed by atoms with Gasteiger partial charge in [0.1, 0.15) is 18.2 Å². The molecule has 1 fully saturated rings. The minimum Gasteiger partial charge on any atom is -0.463 e. The van der Waals surface area contributed by atoms with Crippen molar-refractivity contribution in [3.8, 4) is 22.9 Å². The molecular weight excluding hydrogens is 618 g/mol. The third-order valence-electron chi connectivity index (χ3n) is 8.51. The first-order valence-electron chi connectivity index (χ1n) is 14.7. The summed E-state index contributed by atoms with van der Waals surface area (Å²) >= 11 is 4.19. The first kappa shape index (κ1) is 32.7. The topological polar surface area (TPSA) is 120 Å². The smallest absolute Gasteiger partial charge is 0.312 e. The van der Waals surface area contributed by atoms with Crippen molar-refractivity contribution in [1.82, 2.24) is 24.4 Å². The molecule has 1 aromatic carbocycles. The van der Waals surface area contributed by atoms with Gasteiger partial charge in [-0.1, -0.05) is 31.0 Å². The van der Waals surface area contributed by atoms with Crippen LogP contribution in [-0.4, -0.2) is 64.4 Å². The molecule has 0 N–H and O–H groups in total. The fraction of sp³-hybridized carbons (Fsp3) is 0.452. The molecule has 0 bridgehead atoms. The maximum Gasteiger partial charge on any atom is 0.312 e. The van der Waals surface area contributed by atoms with Gasteiger partial charge in [0.15, 0.2) is 23.8 Å². The van der Waals surface area contributed by atoms with Crippen molar-refractivity contribution in [3.05, 3.63) is 59.7 Å². The zero-order chi connectivity index (χ0) is 32.0. The predicted octanol–water partition coefficient (Wildman–Crippen LogP) is 6.21. The predicted molar refractivity (Wildman–Crippen MR) is 173 cm³/mol. The molecule has 0 radical (unpaired) electrons. The molecule has 1 aliphatic carbocycles. The van der Waals surface area contributed by atoms with Gasteiger partial charge in [-0.25, -0.2) is 13.4 Å². The number of thiol groups is 1. The first-order valence-corrected chi connectivity index (χ1v) is 15.8.